The highest BCUT2D eigenvalue weighted by Crippen LogP contribution is 2.27. The number of nitrogens with one attached hydrogen (secondary N) is 1. The SMILES string of the molecule is COc1ccc(N2C(=O)C[C@H](Nc3cccc(SC)c3)C2=O)cc1. The Morgan fingerprint density at radius 2 is 1.92 bits per heavy atom. The van der Waals surface area contributed by atoms with Crippen molar-refractivity contribution in [2.45, 2.75) is 17.4 Å². The van der Waals surface area contributed by atoms with Crippen molar-refractivity contribution in [3.8, 4) is 5.75 Å². The van der Waals surface area contributed by atoms with Crippen LogP contribution in [0.15, 0.2) is 53.4 Å². The third-order valence-electron chi connectivity index (χ3n) is 3.89. The number of thioether (sulfide) groups is 1. The van der Waals surface area contributed by atoms with Crippen molar-refractivity contribution in [1.29, 1.82) is 0 Å². The van der Waals surface area contributed by atoms with E-state index in [4.69, 9.17) is 4.74 Å². The van der Waals surface area contributed by atoms with Crippen LogP contribution < -0.4 is 15.0 Å². The number of amides is 2. The molecular formula is C18H18N2O3S. The van der Waals surface area contributed by atoms with Gasteiger partial charge in [0.15, 0.2) is 0 Å². The van der Waals surface area contributed by atoms with Crippen molar-refractivity contribution in [3.05, 3.63) is 48.5 Å². The molecular weight excluding hydrogens is 324 g/mol. The Labute approximate surface area is 145 Å². The molecule has 0 spiro atoms. The molecule has 0 saturated carbocycles. The maximum absolute atomic E-state index is 12.6. The second-order valence-corrected chi connectivity index (χ2v) is 6.28. The fourth-order valence-electron chi connectivity index (χ4n) is 2.66. The van der Waals surface area contributed by atoms with Gasteiger partial charge in [-0.2, -0.15) is 0 Å². The summed E-state index contributed by atoms with van der Waals surface area (Å²) in [7, 11) is 1.57. The van der Waals surface area contributed by atoms with Crippen molar-refractivity contribution in [2.75, 3.05) is 23.6 Å². The van der Waals surface area contributed by atoms with E-state index in [0.29, 0.717) is 11.4 Å². The van der Waals surface area contributed by atoms with Crippen LogP contribution in [0.4, 0.5) is 11.4 Å². The molecule has 1 N–H and O–H groups in total. The van der Waals surface area contributed by atoms with Crippen LogP contribution in [0.1, 0.15) is 6.42 Å². The molecule has 0 radical (unpaired) electrons. The average molecular weight is 342 g/mol. The van der Waals surface area contributed by atoms with E-state index in [1.54, 1.807) is 43.1 Å². The van der Waals surface area contributed by atoms with E-state index in [1.807, 2.05) is 30.5 Å². The molecule has 0 bridgehead atoms. The van der Waals surface area contributed by atoms with Gasteiger partial charge in [0, 0.05) is 10.6 Å². The largest absolute Gasteiger partial charge is 0.497 e. The normalized spacial score (nSPS) is 17.2. The molecule has 0 aliphatic carbocycles. The Kier molecular flexibility index (Phi) is 4.76. The second-order valence-electron chi connectivity index (χ2n) is 5.40. The van der Waals surface area contributed by atoms with E-state index in [-0.39, 0.29) is 18.2 Å². The molecule has 1 saturated heterocycles. The summed E-state index contributed by atoms with van der Waals surface area (Å²) in [6, 6.07) is 14.1. The van der Waals surface area contributed by atoms with E-state index >= 15 is 0 Å². The van der Waals surface area contributed by atoms with Crippen molar-refractivity contribution in [2.24, 2.45) is 0 Å². The molecule has 2 amide bonds. The topological polar surface area (TPSA) is 58.6 Å². The number of benzene rings is 2. The Hall–Kier alpha value is -2.47. The van der Waals surface area contributed by atoms with Gasteiger partial charge in [0.2, 0.25) is 5.91 Å². The summed E-state index contributed by atoms with van der Waals surface area (Å²) < 4.78 is 5.10. The molecule has 1 atom stereocenters. The third kappa shape index (κ3) is 3.23. The number of hydrogen-bond donors (Lipinski definition) is 1. The van der Waals surface area contributed by atoms with Gasteiger partial charge in [-0.1, -0.05) is 6.07 Å². The van der Waals surface area contributed by atoms with Crippen LogP contribution in [0.3, 0.4) is 0 Å². The maximum atomic E-state index is 12.6. The first-order chi connectivity index (χ1) is 11.6. The van der Waals surface area contributed by atoms with Gasteiger partial charge in [0.25, 0.3) is 5.91 Å². The van der Waals surface area contributed by atoms with Crippen molar-refractivity contribution in [3.63, 3.8) is 0 Å². The lowest BCUT2D eigenvalue weighted by atomic mass is 10.2. The van der Waals surface area contributed by atoms with Crippen LogP contribution in [-0.2, 0) is 9.59 Å². The minimum atomic E-state index is -0.545. The number of methoxy groups -OCH3 is 1. The summed E-state index contributed by atoms with van der Waals surface area (Å²) in [5, 5.41) is 3.17. The molecule has 0 unspecified atom stereocenters. The first-order valence-corrected chi connectivity index (χ1v) is 8.76. The van der Waals surface area contributed by atoms with Gasteiger partial charge in [-0.15, -0.1) is 11.8 Å². The molecule has 1 aliphatic heterocycles. The summed E-state index contributed by atoms with van der Waals surface area (Å²) in [4.78, 5) is 27.3. The monoisotopic (exact) mass is 342 g/mol. The summed E-state index contributed by atoms with van der Waals surface area (Å²) in [6.07, 6.45) is 2.14. The third-order valence-corrected chi connectivity index (χ3v) is 4.61. The first kappa shape index (κ1) is 16.4. The fraction of sp³-hybridized carbons (Fsp3) is 0.222. The van der Waals surface area contributed by atoms with E-state index in [2.05, 4.69) is 5.32 Å². The molecule has 1 heterocycles. The number of carbonyl (C=O) groups is 2. The van der Waals surface area contributed by atoms with Gasteiger partial charge in [0.1, 0.15) is 11.8 Å². The Bertz CT molecular complexity index is 761. The lowest BCUT2D eigenvalue weighted by Crippen LogP contribution is -2.34. The second kappa shape index (κ2) is 6.97. The van der Waals surface area contributed by atoms with Crippen LogP contribution in [0.5, 0.6) is 5.75 Å². The van der Waals surface area contributed by atoms with Gasteiger partial charge in [-0.25, -0.2) is 4.90 Å². The number of rotatable bonds is 5. The van der Waals surface area contributed by atoms with Crippen molar-refractivity contribution >= 4 is 35.0 Å². The summed E-state index contributed by atoms with van der Waals surface area (Å²) in [6.45, 7) is 0. The molecule has 24 heavy (non-hydrogen) atoms. The van der Waals surface area contributed by atoms with Crippen LogP contribution in [0.25, 0.3) is 0 Å². The number of nitrogens with zero attached hydrogens (tertiary/aromatic N) is 1. The van der Waals surface area contributed by atoms with Crippen molar-refractivity contribution in [1.82, 2.24) is 0 Å². The minimum absolute atomic E-state index is 0.147. The maximum Gasteiger partial charge on any atom is 0.256 e. The molecule has 124 valence electrons. The van der Waals surface area contributed by atoms with Gasteiger partial charge >= 0.3 is 0 Å². The first-order valence-electron chi connectivity index (χ1n) is 7.54. The molecule has 2 aromatic carbocycles. The average Bonchev–Trinajstić information content (AvgIpc) is 2.89. The Morgan fingerprint density at radius 3 is 2.58 bits per heavy atom. The predicted octanol–water partition coefficient (Wildman–Crippen LogP) is 3.16. The Balaban J connectivity index is 1.77. The summed E-state index contributed by atoms with van der Waals surface area (Å²) in [5.41, 5.74) is 1.40. The lowest BCUT2D eigenvalue weighted by Gasteiger charge is -2.16. The molecule has 6 heteroatoms. The van der Waals surface area contributed by atoms with Gasteiger partial charge in [0.05, 0.1) is 19.2 Å². The lowest BCUT2D eigenvalue weighted by molar-refractivity contribution is -0.121. The highest BCUT2D eigenvalue weighted by molar-refractivity contribution is 7.98. The van der Waals surface area contributed by atoms with Gasteiger partial charge in [-0.05, 0) is 48.7 Å². The minimum Gasteiger partial charge on any atom is -0.497 e. The van der Waals surface area contributed by atoms with E-state index in [0.717, 1.165) is 10.6 Å². The molecule has 1 fully saturated rings. The zero-order valence-corrected chi connectivity index (χ0v) is 14.3. The number of carbonyl (C=O) groups excluding carboxylic acids is 2. The van der Waals surface area contributed by atoms with E-state index < -0.39 is 6.04 Å². The van der Waals surface area contributed by atoms with Gasteiger partial charge < -0.3 is 10.1 Å². The standard InChI is InChI=1S/C18H18N2O3S/c1-23-14-8-6-13(7-9-14)20-17(21)11-16(18(20)22)19-12-4-3-5-15(10-12)24-2/h3-10,16,19H,11H2,1-2H3/t16-/m0/s1. The van der Waals surface area contributed by atoms with E-state index in [1.165, 1.54) is 4.90 Å². The molecule has 2 aromatic rings. The Morgan fingerprint density at radius 1 is 1.17 bits per heavy atom. The molecule has 5 nitrogen and oxygen atoms in total. The van der Waals surface area contributed by atoms with Crippen molar-refractivity contribution < 1.29 is 14.3 Å². The summed E-state index contributed by atoms with van der Waals surface area (Å²) in [5.74, 6) is 0.241. The highest BCUT2D eigenvalue weighted by atomic mass is 32.2. The molecule has 0 aromatic heterocycles. The van der Waals surface area contributed by atoms with Crippen LogP contribution >= 0.6 is 11.8 Å². The quantitative estimate of drug-likeness (QED) is 0.668. The fourth-order valence-corrected chi connectivity index (χ4v) is 3.12. The number of hydrogen-bond acceptors (Lipinski definition) is 5. The predicted molar refractivity (Wildman–Crippen MR) is 95.7 cm³/mol. The number of anilines is 2. The van der Waals surface area contributed by atoms with E-state index in [9.17, 15) is 9.59 Å². The molecule has 1 aliphatic rings. The zero-order valence-electron chi connectivity index (χ0n) is 13.5. The van der Waals surface area contributed by atoms with Gasteiger partial charge in [-0.3, -0.25) is 9.59 Å². The molecule has 3 rings (SSSR count). The smallest absolute Gasteiger partial charge is 0.256 e. The van der Waals surface area contributed by atoms with Crippen LogP contribution in [-0.4, -0.2) is 31.2 Å². The number of ether oxygens (including phenoxy) is 1. The highest BCUT2D eigenvalue weighted by Gasteiger charge is 2.39. The summed E-state index contributed by atoms with van der Waals surface area (Å²) >= 11 is 1.63. The number of imide groups is 1. The van der Waals surface area contributed by atoms with Crippen LogP contribution in [0.2, 0.25) is 0 Å². The zero-order chi connectivity index (χ0) is 17.1. The van der Waals surface area contributed by atoms with Crippen LogP contribution in [0, 0.1) is 0 Å².